The molecule has 0 saturated carbocycles. The molecular formula is C60H38N2. The molecule has 0 radical (unpaired) electrons. The topological polar surface area (TPSA) is 9.86 Å². The van der Waals surface area contributed by atoms with Gasteiger partial charge in [0.2, 0.25) is 0 Å². The maximum absolute atomic E-state index is 2.44. The first kappa shape index (κ1) is 34.6. The second-order valence-corrected chi connectivity index (χ2v) is 16.5. The van der Waals surface area contributed by atoms with Crippen molar-refractivity contribution >= 4 is 75.9 Å². The summed E-state index contributed by atoms with van der Waals surface area (Å²) >= 11 is 0. The van der Waals surface area contributed by atoms with E-state index in [1.807, 2.05) is 0 Å². The van der Waals surface area contributed by atoms with Crippen LogP contribution in [0.25, 0.3) is 121 Å². The number of hydrogen-bond acceptors (Lipinski definition) is 0. The van der Waals surface area contributed by atoms with Crippen LogP contribution >= 0.6 is 0 Å². The number of hydrogen-bond donors (Lipinski definition) is 0. The van der Waals surface area contributed by atoms with Crippen molar-refractivity contribution in [3.05, 3.63) is 231 Å². The fraction of sp³-hybridized carbons (Fsp3) is 0. The van der Waals surface area contributed by atoms with Gasteiger partial charge in [-0.3, -0.25) is 0 Å². The summed E-state index contributed by atoms with van der Waals surface area (Å²) in [5, 5.41) is 12.7. The maximum Gasteiger partial charge on any atom is 0.0541 e. The molecule has 62 heavy (non-hydrogen) atoms. The van der Waals surface area contributed by atoms with Gasteiger partial charge in [0.1, 0.15) is 0 Å². The van der Waals surface area contributed by atoms with Crippen LogP contribution in [0, 0.1) is 0 Å². The van der Waals surface area contributed by atoms with E-state index >= 15 is 0 Å². The zero-order valence-corrected chi connectivity index (χ0v) is 33.8. The molecular weight excluding hydrogens is 749 g/mol. The molecule has 0 aliphatic heterocycles. The second kappa shape index (κ2) is 13.7. The summed E-state index contributed by atoms with van der Waals surface area (Å²) < 4.78 is 4.85. The normalized spacial score (nSPS) is 11.9. The Balaban J connectivity index is 0.916. The molecule has 0 atom stereocenters. The van der Waals surface area contributed by atoms with E-state index < -0.39 is 0 Å². The van der Waals surface area contributed by atoms with E-state index in [0.29, 0.717) is 0 Å². The number of fused-ring (bicyclic) bond motifs is 12. The van der Waals surface area contributed by atoms with E-state index in [0.717, 1.165) is 5.69 Å². The predicted octanol–water partition coefficient (Wildman–Crippen LogP) is 16.3. The van der Waals surface area contributed by atoms with Gasteiger partial charge in [-0.1, -0.05) is 164 Å². The lowest BCUT2D eigenvalue weighted by atomic mass is 9.94. The zero-order valence-electron chi connectivity index (χ0n) is 33.8. The molecule has 0 amide bonds. The average molecular weight is 787 g/mol. The smallest absolute Gasteiger partial charge is 0.0541 e. The number of rotatable bonds is 5. The molecule has 2 nitrogen and oxygen atoms in total. The highest BCUT2D eigenvalue weighted by molar-refractivity contribution is 6.25. The van der Waals surface area contributed by atoms with Crippen LogP contribution in [0.1, 0.15) is 0 Å². The van der Waals surface area contributed by atoms with Crippen LogP contribution in [0.3, 0.4) is 0 Å². The Morgan fingerprint density at radius 3 is 1.11 bits per heavy atom. The maximum atomic E-state index is 2.44. The Labute approximate surface area is 358 Å². The van der Waals surface area contributed by atoms with Gasteiger partial charge in [-0.2, -0.15) is 0 Å². The summed E-state index contributed by atoms with van der Waals surface area (Å²) in [6.07, 6.45) is 0. The molecule has 2 heteroatoms. The lowest BCUT2D eigenvalue weighted by Gasteiger charge is -2.14. The third-order valence-corrected chi connectivity index (χ3v) is 13.1. The van der Waals surface area contributed by atoms with Crippen molar-refractivity contribution in [1.82, 2.24) is 9.13 Å². The number of nitrogens with zero attached hydrogens (tertiary/aromatic N) is 2. The molecule has 0 fully saturated rings. The summed E-state index contributed by atoms with van der Waals surface area (Å²) in [4.78, 5) is 0. The summed E-state index contributed by atoms with van der Waals surface area (Å²) in [5.74, 6) is 0. The fourth-order valence-corrected chi connectivity index (χ4v) is 10.2. The van der Waals surface area contributed by atoms with Crippen molar-refractivity contribution in [3.8, 4) is 44.8 Å². The van der Waals surface area contributed by atoms with Gasteiger partial charge in [-0.25, -0.2) is 0 Å². The Morgan fingerprint density at radius 2 is 0.548 bits per heavy atom. The van der Waals surface area contributed by atoms with E-state index in [2.05, 4.69) is 240 Å². The molecule has 13 rings (SSSR count). The minimum absolute atomic E-state index is 1.15. The van der Waals surface area contributed by atoms with E-state index in [-0.39, 0.29) is 0 Å². The van der Waals surface area contributed by atoms with Crippen LogP contribution in [0.5, 0.6) is 0 Å². The molecule has 11 aromatic carbocycles. The van der Waals surface area contributed by atoms with Crippen LogP contribution < -0.4 is 0 Å². The summed E-state index contributed by atoms with van der Waals surface area (Å²) in [6, 6.07) is 84.7. The quantitative estimate of drug-likeness (QED) is 0.154. The van der Waals surface area contributed by atoms with Crippen molar-refractivity contribution in [2.24, 2.45) is 0 Å². The molecule has 0 aliphatic carbocycles. The minimum atomic E-state index is 1.15. The van der Waals surface area contributed by atoms with Gasteiger partial charge in [0.25, 0.3) is 0 Å². The number of benzene rings is 11. The first-order chi connectivity index (χ1) is 30.7. The first-order valence-electron chi connectivity index (χ1n) is 21.4. The monoisotopic (exact) mass is 786 g/mol. The highest BCUT2D eigenvalue weighted by Crippen LogP contribution is 2.41. The fourth-order valence-electron chi connectivity index (χ4n) is 10.2. The highest BCUT2D eigenvalue weighted by atomic mass is 15.0. The minimum Gasteiger partial charge on any atom is -0.309 e. The van der Waals surface area contributed by atoms with Gasteiger partial charge >= 0.3 is 0 Å². The molecule has 13 aromatic rings. The Hall–Kier alpha value is -8.20. The van der Waals surface area contributed by atoms with Crippen molar-refractivity contribution in [2.45, 2.75) is 0 Å². The average Bonchev–Trinajstić information content (AvgIpc) is 3.86. The largest absolute Gasteiger partial charge is 0.309 e. The SMILES string of the molecule is c1ccc(-c2cccc(-c3ccc(-n4c5ccccc5c5cc(-c6ccc7c(c6)c6ccccc6n7-c6ccc7c8ccccc8c8ccccc8c7c6)ccc54)cc3)c2)cc1. The van der Waals surface area contributed by atoms with Gasteiger partial charge in [0.05, 0.1) is 22.1 Å². The highest BCUT2D eigenvalue weighted by Gasteiger charge is 2.18. The lowest BCUT2D eigenvalue weighted by Crippen LogP contribution is -1.94. The molecule has 288 valence electrons. The Morgan fingerprint density at radius 1 is 0.177 bits per heavy atom. The summed E-state index contributed by atoms with van der Waals surface area (Å²) in [5.41, 5.74) is 14.4. The number of para-hydroxylation sites is 2. The van der Waals surface area contributed by atoms with E-state index in [4.69, 9.17) is 0 Å². The van der Waals surface area contributed by atoms with Crippen molar-refractivity contribution in [3.63, 3.8) is 0 Å². The Bertz CT molecular complexity index is 3870. The summed E-state index contributed by atoms with van der Waals surface area (Å²) in [7, 11) is 0. The molecule has 0 unspecified atom stereocenters. The van der Waals surface area contributed by atoms with Crippen molar-refractivity contribution < 1.29 is 0 Å². The van der Waals surface area contributed by atoms with Crippen LogP contribution in [-0.4, -0.2) is 9.13 Å². The lowest BCUT2D eigenvalue weighted by molar-refractivity contribution is 1.18. The van der Waals surface area contributed by atoms with Crippen LogP contribution in [0.4, 0.5) is 0 Å². The van der Waals surface area contributed by atoms with E-state index in [9.17, 15) is 0 Å². The van der Waals surface area contributed by atoms with Crippen LogP contribution in [-0.2, 0) is 0 Å². The van der Waals surface area contributed by atoms with Gasteiger partial charge in [0.15, 0.2) is 0 Å². The van der Waals surface area contributed by atoms with Crippen molar-refractivity contribution in [1.29, 1.82) is 0 Å². The Kier molecular flexibility index (Phi) is 7.64. The molecule has 0 N–H and O–H groups in total. The number of aromatic nitrogens is 2. The van der Waals surface area contributed by atoms with Gasteiger partial charge in [-0.15, -0.1) is 0 Å². The molecule has 0 bridgehead atoms. The standard InChI is InChI=1S/C60H38N2/c1-2-13-39(14-3-1)41-15-12-16-42(35-41)40-25-29-45(30-26-40)61-57-23-10-8-21-52(57)55-36-43(27-33-59(55)61)44-28-34-60-56(37-44)53-22-9-11-24-58(53)62(60)46-31-32-51-49-19-5-4-17-47(49)48-18-6-7-20-50(48)54(51)38-46/h1-38H. The predicted molar refractivity (Wildman–Crippen MR) is 264 cm³/mol. The van der Waals surface area contributed by atoms with Crippen LogP contribution in [0.15, 0.2) is 231 Å². The molecule has 0 saturated heterocycles. The second-order valence-electron chi connectivity index (χ2n) is 16.5. The van der Waals surface area contributed by atoms with Gasteiger partial charge < -0.3 is 9.13 Å². The van der Waals surface area contributed by atoms with Crippen LogP contribution in [0.2, 0.25) is 0 Å². The molecule has 2 heterocycles. The first-order valence-corrected chi connectivity index (χ1v) is 21.4. The van der Waals surface area contributed by atoms with E-state index in [1.54, 1.807) is 0 Å². The third kappa shape index (κ3) is 5.30. The van der Waals surface area contributed by atoms with Gasteiger partial charge in [0, 0.05) is 32.9 Å². The van der Waals surface area contributed by atoms with E-state index in [1.165, 1.54) is 115 Å². The summed E-state index contributed by atoms with van der Waals surface area (Å²) in [6.45, 7) is 0. The molecule has 2 aromatic heterocycles. The molecule has 0 spiro atoms. The van der Waals surface area contributed by atoms with Gasteiger partial charge in [-0.05, 0) is 132 Å². The zero-order chi connectivity index (χ0) is 40.7. The van der Waals surface area contributed by atoms with Crippen molar-refractivity contribution in [2.75, 3.05) is 0 Å². The molecule has 0 aliphatic rings. The third-order valence-electron chi connectivity index (χ3n) is 13.1.